The fourth-order valence-electron chi connectivity index (χ4n) is 2.60. The van der Waals surface area contributed by atoms with E-state index in [1.165, 1.54) is 11.8 Å². The molecule has 3 aromatic rings. The van der Waals surface area contributed by atoms with E-state index in [-0.39, 0.29) is 11.7 Å². The van der Waals surface area contributed by atoms with Crippen molar-refractivity contribution in [3.63, 3.8) is 0 Å². The molecule has 0 radical (unpaired) electrons. The van der Waals surface area contributed by atoms with Crippen molar-refractivity contribution in [2.75, 3.05) is 18.2 Å². The molecule has 0 atom stereocenters. The maximum Gasteiger partial charge on any atom is 0.234 e. The zero-order valence-corrected chi connectivity index (χ0v) is 16.1. The van der Waals surface area contributed by atoms with Gasteiger partial charge in [-0.2, -0.15) is 0 Å². The number of rotatable bonds is 8. The van der Waals surface area contributed by atoms with Crippen LogP contribution in [0.1, 0.15) is 13.3 Å². The fourth-order valence-corrected chi connectivity index (χ4v) is 3.36. The van der Waals surface area contributed by atoms with E-state index in [2.05, 4.69) is 27.4 Å². The Balaban J connectivity index is 1.70. The Labute approximate surface area is 162 Å². The SMILES string of the molecule is CCCn1c(SCC(=O)Nc2ccccc2OC)nnc1-c1ccncc1. The molecule has 0 saturated heterocycles. The monoisotopic (exact) mass is 383 g/mol. The number of thioether (sulfide) groups is 1. The van der Waals surface area contributed by atoms with Gasteiger partial charge in [0.25, 0.3) is 0 Å². The Bertz CT molecular complexity index is 898. The van der Waals surface area contributed by atoms with E-state index in [1.807, 2.05) is 41.0 Å². The number of hydrogen-bond acceptors (Lipinski definition) is 6. The van der Waals surface area contributed by atoms with Crippen molar-refractivity contribution in [2.24, 2.45) is 0 Å². The van der Waals surface area contributed by atoms with Crippen LogP contribution in [0.15, 0.2) is 53.9 Å². The number of nitrogens with one attached hydrogen (secondary N) is 1. The molecular weight excluding hydrogens is 362 g/mol. The first-order valence-electron chi connectivity index (χ1n) is 8.62. The maximum absolute atomic E-state index is 12.3. The average molecular weight is 383 g/mol. The van der Waals surface area contributed by atoms with E-state index in [4.69, 9.17) is 4.74 Å². The number of nitrogens with zero attached hydrogens (tertiary/aromatic N) is 4. The number of carbonyl (C=O) groups is 1. The Morgan fingerprint density at radius 1 is 1.19 bits per heavy atom. The van der Waals surface area contributed by atoms with Gasteiger partial charge in [0.1, 0.15) is 5.75 Å². The van der Waals surface area contributed by atoms with Gasteiger partial charge >= 0.3 is 0 Å². The van der Waals surface area contributed by atoms with E-state index >= 15 is 0 Å². The lowest BCUT2D eigenvalue weighted by molar-refractivity contribution is -0.113. The van der Waals surface area contributed by atoms with E-state index in [9.17, 15) is 4.79 Å². The maximum atomic E-state index is 12.3. The molecular formula is C19H21N5O2S. The number of aromatic nitrogens is 4. The number of benzene rings is 1. The molecule has 8 heteroatoms. The molecule has 2 aromatic heterocycles. The number of anilines is 1. The molecule has 2 heterocycles. The number of ether oxygens (including phenoxy) is 1. The number of pyridine rings is 1. The molecule has 27 heavy (non-hydrogen) atoms. The molecule has 0 saturated carbocycles. The molecule has 0 unspecified atom stereocenters. The van der Waals surface area contributed by atoms with Crippen LogP contribution in [0.2, 0.25) is 0 Å². The number of para-hydroxylation sites is 2. The molecule has 0 bridgehead atoms. The second-order valence-electron chi connectivity index (χ2n) is 5.73. The predicted octanol–water partition coefficient (Wildman–Crippen LogP) is 3.49. The smallest absolute Gasteiger partial charge is 0.234 e. The minimum absolute atomic E-state index is 0.124. The quantitative estimate of drug-likeness (QED) is 0.600. The highest BCUT2D eigenvalue weighted by atomic mass is 32.2. The van der Waals surface area contributed by atoms with Crippen molar-refractivity contribution in [2.45, 2.75) is 25.0 Å². The van der Waals surface area contributed by atoms with Crippen molar-refractivity contribution >= 4 is 23.4 Å². The summed E-state index contributed by atoms with van der Waals surface area (Å²) in [5.74, 6) is 1.52. The van der Waals surface area contributed by atoms with Crippen LogP contribution in [0, 0.1) is 0 Å². The van der Waals surface area contributed by atoms with Crippen molar-refractivity contribution < 1.29 is 9.53 Å². The highest BCUT2D eigenvalue weighted by Gasteiger charge is 2.15. The highest BCUT2D eigenvalue weighted by Crippen LogP contribution is 2.26. The van der Waals surface area contributed by atoms with Crippen molar-refractivity contribution in [1.82, 2.24) is 19.7 Å². The van der Waals surface area contributed by atoms with Crippen molar-refractivity contribution in [1.29, 1.82) is 0 Å². The summed E-state index contributed by atoms with van der Waals surface area (Å²) in [5, 5.41) is 12.2. The van der Waals surface area contributed by atoms with Gasteiger partial charge in [0.2, 0.25) is 5.91 Å². The van der Waals surface area contributed by atoms with Crippen LogP contribution >= 0.6 is 11.8 Å². The zero-order chi connectivity index (χ0) is 19.1. The minimum atomic E-state index is -0.124. The first-order valence-corrected chi connectivity index (χ1v) is 9.60. The Kier molecular flexibility index (Phi) is 6.43. The van der Waals surface area contributed by atoms with Gasteiger partial charge in [0, 0.05) is 24.5 Å². The van der Waals surface area contributed by atoms with Crippen LogP contribution in [-0.4, -0.2) is 38.5 Å². The molecule has 0 spiro atoms. The summed E-state index contributed by atoms with van der Waals surface area (Å²) in [5.41, 5.74) is 1.61. The van der Waals surface area contributed by atoms with Gasteiger partial charge in [-0.3, -0.25) is 9.78 Å². The lowest BCUT2D eigenvalue weighted by atomic mass is 10.2. The van der Waals surface area contributed by atoms with Gasteiger partial charge in [-0.1, -0.05) is 30.8 Å². The molecule has 140 valence electrons. The normalized spacial score (nSPS) is 10.6. The Morgan fingerprint density at radius 3 is 2.70 bits per heavy atom. The first-order chi connectivity index (χ1) is 13.2. The van der Waals surface area contributed by atoms with Crippen LogP contribution in [-0.2, 0) is 11.3 Å². The highest BCUT2D eigenvalue weighted by molar-refractivity contribution is 7.99. The predicted molar refractivity (Wildman–Crippen MR) is 106 cm³/mol. The third-order valence-corrected chi connectivity index (χ3v) is 4.78. The van der Waals surface area contributed by atoms with Crippen molar-refractivity contribution in [3.8, 4) is 17.1 Å². The lowest BCUT2D eigenvalue weighted by Crippen LogP contribution is -2.15. The Morgan fingerprint density at radius 2 is 1.96 bits per heavy atom. The van der Waals surface area contributed by atoms with E-state index in [0.29, 0.717) is 11.4 Å². The lowest BCUT2D eigenvalue weighted by Gasteiger charge is -2.10. The standard InChI is InChI=1S/C19H21N5O2S/c1-3-12-24-18(14-8-10-20-11-9-14)22-23-19(24)27-13-17(25)21-15-6-4-5-7-16(15)26-2/h4-11H,3,12-13H2,1-2H3,(H,21,25). The molecule has 0 aliphatic rings. The molecule has 7 nitrogen and oxygen atoms in total. The average Bonchev–Trinajstić information content (AvgIpc) is 3.10. The third-order valence-electron chi connectivity index (χ3n) is 3.82. The molecule has 3 rings (SSSR count). The zero-order valence-electron chi connectivity index (χ0n) is 15.3. The van der Waals surface area contributed by atoms with Gasteiger partial charge in [-0.15, -0.1) is 10.2 Å². The van der Waals surface area contributed by atoms with E-state index < -0.39 is 0 Å². The molecule has 1 N–H and O–H groups in total. The second kappa shape index (κ2) is 9.18. The van der Waals surface area contributed by atoms with E-state index in [0.717, 1.165) is 29.5 Å². The number of methoxy groups -OCH3 is 1. The molecule has 0 aliphatic carbocycles. The van der Waals surface area contributed by atoms with Crippen LogP contribution in [0.4, 0.5) is 5.69 Å². The minimum Gasteiger partial charge on any atom is -0.495 e. The van der Waals surface area contributed by atoms with Crippen molar-refractivity contribution in [3.05, 3.63) is 48.8 Å². The van der Waals surface area contributed by atoms with E-state index in [1.54, 1.807) is 19.5 Å². The molecule has 1 aromatic carbocycles. The first kappa shape index (κ1) is 18.9. The summed E-state index contributed by atoms with van der Waals surface area (Å²) in [6.07, 6.45) is 4.40. The summed E-state index contributed by atoms with van der Waals surface area (Å²) < 4.78 is 7.30. The number of hydrogen-bond donors (Lipinski definition) is 1. The summed E-state index contributed by atoms with van der Waals surface area (Å²) >= 11 is 1.36. The van der Waals surface area contributed by atoms with Gasteiger partial charge in [-0.25, -0.2) is 0 Å². The van der Waals surface area contributed by atoms with Crippen LogP contribution in [0.5, 0.6) is 5.75 Å². The van der Waals surface area contributed by atoms with Gasteiger partial charge in [0.15, 0.2) is 11.0 Å². The Hall–Kier alpha value is -2.87. The third kappa shape index (κ3) is 4.65. The summed E-state index contributed by atoms with van der Waals surface area (Å²) in [7, 11) is 1.58. The second-order valence-corrected chi connectivity index (χ2v) is 6.67. The summed E-state index contributed by atoms with van der Waals surface area (Å²) in [4.78, 5) is 16.4. The van der Waals surface area contributed by atoms with Gasteiger partial charge < -0.3 is 14.6 Å². The molecule has 0 aliphatic heterocycles. The number of carbonyl (C=O) groups excluding carboxylic acids is 1. The van der Waals surface area contributed by atoms with Crippen LogP contribution < -0.4 is 10.1 Å². The summed E-state index contributed by atoms with van der Waals surface area (Å²) in [6, 6.07) is 11.1. The molecule has 0 fully saturated rings. The van der Waals surface area contributed by atoms with Crippen LogP contribution in [0.25, 0.3) is 11.4 Å². The fraction of sp³-hybridized carbons (Fsp3) is 0.263. The van der Waals surface area contributed by atoms with Gasteiger partial charge in [-0.05, 0) is 30.7 Å². The van der Waals surface area contributed by atoms with Crippen LogP contribution in [0.3, 0.4) is 0 Å². The number of amides is 1. The van der Waals surface area contributed by atoms with Gasteiger partial charge in [0.05, 0.1) is 18.6 Å². The summed E-state index contributed by atoms with van der Waals surface area (Å²) in [6.45, 7) is 2.88. The topological polar surface area (TPSA) is 81.9 Å². The largest absolute Gasteiger partial charge is 0.495 e. The molecule has 1 amide bonds.